The van der Waals surface area contributed by atoms with Crippen molar-refractivity contribution < 1.29 is 14.6 Å². The Balaban J connectivity index is 2.13. The van der Waals surface area contributed by atoms with Crippen LogP contribution in [0.15, 0.2) is 48.8 Å². The Hall–Kier alpha value is -3.15. The van der Waals surface area contributed by atoms with Crippen molar-refractivity contribution in [1.29, 1.82) is 0 Å². The zero-order chi connectivity index (χ0) is 17.1. The molecule has 0 amide bonds. The number of hydrogen-bond acceptors (Lipinski definition) is 5. The van der Waals surface area contributed by atoms with E-state index >= 15 is 0 Å². The lowest BCUT2D eigenvalue weighted by atomic mass is 10.2. The van der Waals surface area contributed by atoms with E-state index in [-0.39, 0.29) is 11.5 Å². The number of ketones is 1. The molecule has 0 unspecified atom stereocenters. The van der Waals surface area contributed by atoms with Gasteiger partial charge >= 0.3 is 0 Å². The highest BCUT2D eigenvalue weighted by Crippen LogP contribution is 2.25. The molecule has 0 aliphatic carbocycles. The van der Waals surface area contributed by atoms with Crippen LogP contribution in [0.2, 0.25) is 0 Å². The number of benzene rings is 1. The van der Waals surface area contributed by atoms with Crippen molar-refractivity contribution in [1.82, 2.24) is 14.5 Å². The monoisotopic (exact) mass is 323 g/mol. The van der Waals surface area contributed by atoms with E-state index < -0.39 is 0 Å². The summed E-state index contributed by atoms with van der Waals surface area (Å²) in [5, 5.41) is 9.48. The van der Waals surface area contributed by atoms with Crippen molar-refractivity contribution in [2.24, 2.45) is 0 Å². The van der Waals surface area contributed by atoms with Crippen LogP contribution >= 0.6 is 0 Å². The summed E-state index contributed by atoms with van der Waals surface area (Å²) in [5.74, 6) is 1.26. The number of carbonyl (C=O) groups excluding carboxylic acids is 1. The number of hydrogen-bond donors (Lipinski definition) is 1. The fourth-order valence-electron chi connectivity index (χ4n) is 2.34. The van der Waals surface area contributed by atoms with Crippen LogP contribution in [0, 0.1) is 0 Å². The minimum Gasteiger partial charge on any atom is -0.508 e. The summed E-state index contributed by atoms with van der Waals surface area (Å²) in [6, 6.07) is 10.3. The molecule has 0 aliphatic heterocycles. The van der Waals surface area contributed by atoms with E-state index in [2.05, 4.69) is 9.97 Å². The molecule has 0 saturated heterocycles. The first-order valence-corrected chi connectivity index (χ1v) is 7.54. The van der Waals surface area contributed by atoms with Crippen molar-refractivity contribution in [2.75, 3.05) is 7.11 Å². The van der Waals surface area contributed by atoms with Crippen LogP contribution in [0.1, 0.15) is 23.8 Å². The third kappa shape index (κ3) is 2.99. The molecule has 3 aromatic rings. The Morgan fingerprint density at radius 3 is 2.54 bits per heavy atom. The summed E-state index contributed by atoms with van der Waals surface area (Å²) in [5.41, 5.74) is 1.96. The van der Waals surface area contributed by atoms with Gasteiger partial charge in [-0.3, -0.25) is 9.36 Å². The number of aromatic hydroxyl groups is 1. The second kappa shape index (κ2) is 6.54. The van der Waals surface area contributed by atoms with E-state index in [0.29, 0.717) is 23.8 Å². The van der Waals surface area contributed by atoms with E-state index in [4.69, 9.17) is 4.74 Å². The maximum absolute atomic E-state index is 12.0. The minimum atomic E-state index is -0.0322. The Labute approximate surface area is 139 Å². The number of rotatable bonds is 5. The first-order valence-electron chi connectivity index (χ1n) is 7.54. The molecule has 0 bridgehead atoms. The van der Waals surface area contributed by atoms with Crippen LogP contribution in [0.4, 0.5) is 0 Å². The second-order valence-electron chi connectivity index (χ2n) is 5.20. The molecule has 1 aromatic carbocycles. The highest BCUT2D eigenvalue weighted by molar-refractivity contribution is 5.94. The number of phenolic OH excluding ortho intramolecular Hbond substituents is 1. The highest BCUT2D eigenvalue weighted by Gasteiger charge is 2.16. The van der Waals surface area contributed by atoms with Crippen molar-refractivity contribution in [3.05, 3.63) is 54.5 Å². The summed E-state index contributed by atoms with van der Waals surface area (Å²) in [4.78, 5) is 20.7. The summed E-state index contributed by atoms with van der Waals surface area (Å²) in [6.45, 7) is 1.80. The molecule has 0 atom stereocenters. The molecule has 24 heavy (non-hydrogen) atoms. The SMILES string of the molecule is CCC(=O)c1cn(-c2ccc(O)cc2)c(-c2ccc(OC)nc2)n1. The molecular formula is C18H17N3O3. The lowest BCUT2D eigenvalue weighted by molar-refractivity contribution is 0.0984. The van der Waals surface area contributed by atoms with Gasteiger partial charge in [-0.25, -0.2) is 9.97 Å². The number of phenols is 1. The Bertz CT molecular complexity index is 852. The van der Waals surface area contributed by atoms with E-state index in [0.717, 1.165) is 11.3 Å². The number of Topliss-reactive ketones (excluding diaryl/α,β-unsaturated/α-hetero) is 1. The van der Waals surface area contributed by atoms with Gasteiger partial charge in [0.1, 0.15) is 17.3 Å². The number of pyridine rings is 1. The van der Waals surface area contributed by atoms with Crippen LogP contribution in [0.5, 0.6) is 11.6 Å². The van der Waals surface area contributed by atoms with Gasteiger partial charge in [-0.1, -0.05) is 6.92 Å². The van der Waals surface area contributed by atoms with Gasteiger partial charge in [0.15, 0.2) is 5.78 Å². The topological polar surface area (TPSA) is 77.2 Å². The fourth-order valence-corrected chi connectivity index (χ4v) is 2.34. The molecule has 1 N–H and O–H groups in total. The molecule has 3 rings (SSSR count). The standard InChI is InChI=1S/C18H17N3O3/c1-3-16(23)15-11-21(13-5-7-14(22)8-6-13)18(20-15)12-4-9-17(24-2)19-10-12/h4-11,22H,3H2,1-2H3. The Morgan fingerprint density at radius 1 is 1.21 bits per heavy atom. The third-order valence-electron chi connectivity index (χ3n) is 3.64. The lowest BCUT2D eigenvalue weighted by Gasteiger charge is -2.08. The van der Waals surface area contributed by atoms with E-state index in [1.54, 1.807) is 56.8 Å². The largest absolute Gasteiger partial charge is 0.508 e. The molecule has 2 aromatic heterocycles. The molecule has 122 valence electrons. The molecule has 6 heteroatoms. The average molecular weight is 323 g/mol. The average Bonchev–Trinajstić information content (AvgIpc) is 3.07. The molecule has 2 heterocycles. The Kier molecular flexibility index (Phi) is 4.29. The number of methoxy groups -OCH3 is 1. The number of ether oxygens (including phenoxy) is 1. The molecule has 0 saturated carbocycles. The summed E-state index contributed by atoms with van der Waals surface area (Å²) < 4.78 is 6.89. The zero-order valence-corrected chi connectivity index (χ0v) is 13.4. The van der Waals surface area contributed by atoms with Crippen molar-refractivity contribution in [3.63, 3.8) is 0 Å². The Morgan fingerprint density at radius 2 is 1.96 bits per heavy atom. The van der Waals surface area contributed by atoms with Gasteiger partial charge in [-0.05, 0) is 30.3 Å². The smallest absolute Gasteiger partial charge is 0.212 e. The third-order valence-corrected chi connectivity index (χ3v) is 3.64. The van der Waals surface area contributed by atoms with E-state index in [1.165, 1.54) is 0 Å². The maximum atomic E-state index is 12.0. The molecule has 0 aliphatic rings. The normalized spacial score (nSPS) is 10.6. The molecule has 6 nitrogen and oxygen atoms in total. The van der Waals surface area contributed by atoms with Crippen LogP contribution in [-0.4, -0.2) is 32.5 Å². The predicted octanol–water partition coefficient (Wildman–Crippen LogP) is 3.24. The minimum absolute atomic E-state index is 0.0322. The van der Waals surface area contributed by atoms with Crippen LogP contribution in [0.25, 0.3) is 17.1 Å². The van der Waals surface area contributed by atoms with Gasteiger partial charge < -0.3 is 9.84 Å². The number of carbonyl (C=O) groups is 1. The van der Waals surface area contributed by atoms with Gasteiger partial charge in [0.2, 0.25) is 5.88 Å². The van der Waals surface area contributed by atoms with Crippen LogP contribution in [0.3, 0.4) is 0 Å². The van der Waals surface area contributed by atoms with Gasteiger partial charge in [0.05, 0.1) is 7.11 Å². The van der Waals surface area contributed by atoms with E-state index in [1.807, 2.05) is 10.6 Å². The quantitative estimate of drug-likeness (QED) is 0.729. The second-order valence-corrected chi connectivity index (χ2v) is 5.20. The maximum Gasteiger partial charge on any atom is 0.212 e. The first-order chi connectivity index (χ1) is 11.6. The van der Waals surface area contributed by atoms with Gasteiger partial charge in [-0.2, -0.15) is 0 Å². The van der Waals surface area contributed by atoms with Gasteiger partial charge in [0, 0.05) is 36.1 Å². The van der Waals surface area contributed by atoms with Crippen molar-refractivity contribution in [3.8, 4) is 28.7 Å². The fraction of sp³-hybridized carbons (Fsp3) is 0.167. The first kappa shape index (κ1) is 15.7. The molecule has 0 radical (unpaired) electrons. The number of nitrogens with zero attached hydrogens (tertiary/aromatic N) is 3. The van der Waals surface area contributed by atoms with Crippen molar-refractivity contribution in [2.45, 2.75) is 13.3 Å². The van der Waals surface area contributed by atoms with Gasteiger partial charge in [-0.15, -0.1) is 0 Å². The molecular weight excluding hydrogens is 306 g/mol. The molecule has 0 fully saturated rings. The van der Waals surface area contributed by atoms with Crippen LogP contribution in [-0.2, 0) is 0 Å². The highest BCUT2D eigenvalue weighted by atomic mass is 16.5. The molecule has 0 spiro atoms. The number of aromatic nitrogens is 3. The summed E-state index contributed by atoms with van der Waals surface area (Å²) >= 11 is 0. The van der Waals surface area contributed by atoms with Crippen LogP contribution < -0.4 is 4.74 Å². The zero-order valence-electron chi connectivity index (χ0n) is 13.4. The predicted molar refractivity (Wildman–Crippen MR) is 89.6 cm³/mol. The van der Waals surface area contributed by atoms with Gasteiger partial charge in [0.25, 0.3) is 0 Å². The van der Waals surface area contributed by atoms with Crippen molar-refractivity contribution >= 4 is 5.78 Å². The summed E-state index contributed by atoms with van der Waals surface area (Å²) in [6.07, 6.45) is 3.74. The number of imidazole rings is 1. The van der Waals surface area contributed by atoms with E-state index in [9.17, 15) is 9.90 Å². The summed E-state index contributed by atoms with van der Waals surface area (Å²) in [7, 11) is 1.55. The lowest BCUT2D eigenvalue weighted by Crippen LogP contribution is -1.96.